The van der Waals surface area contributed by atoms with Crippen LogP contribution in [0.2, 0.25) is 0 Å². The highest BCUT2D eigenvalue weighted by atomic mass is 32.2. The van der Waals surface area contributed by atoms with Gasteiger partial charge in [-0.2, -0.15) is 35.5 Å². The number of aryl methyl sites for hydroxylation is 1. The van der Waals surface area contributed by atoms with E-state index in [0.717, 1.165) is 23.8 Å². The van der Waals surface area contributed by atoms with Gasteiger partial charge in [0, 0.05) is 37.8 Å². The number of phenols is 2. The quantitative estimate of drug-likeness (QED) is 0.00488. The highest BCUT2D eigenvalue weighted by Crippen LogP contribution is 2.46. The summed E-state index contributed by atoms with van der Waals surface area (Å²) < 4.78 is 124. The lowest BCUT2D eigenvalue weighted by atomic mass is 10.1. The molecule has 0 atom stereocenters. The Morgan fingerprint density at radius 2 is 0.907 bits per heavy atom. The lowest BCUT2D eigenvalue weighted by Gasteiger charge is -2.10. The van der Waals surface area contributed by atoms with E-state index in [0.29, 0.717) is 69.2 Å². The zero-order chi connectivity index (χ0) is 61.9. The lowest BCUT2D eigenvalue weighted by molar-refractivity contribution is -0.435. The fourth-order valence-corrected chi connectivity index (χ4v) is 11.7. The summed E-state index contributed by atoms with van der Waals surface area (Å²) >= 11 is 1.86. The topological polar surface area (TPSA) is 446 Å². The van der Waals surface area contributed by atoms with Gasteiger partial charge in [-0.05, 0) is 107 Å². The molecule has 9 N–H and O–H groups in total. The summed E-state index contributed by atoms with van der Waals surface area (Å²) in [7, 11) is -14.9. The molecule has 0 saturated heterocycles. The van der Waals surface area contributed by atoms with E-state index in [1.54, 1.807) is 25.1 Å². The van der Waals surface area contributed by atoms with Gasteiger partial charge in [-0.3, -0.25) is 13.7 Å². The van der Waals surface area contributed by atoms with Crippen molar-refractivity contribution in [2.75, 3.05) is 0 Å². The molecule has 0 aliphatic heterocycles. The number of hydrogen-bond donors (Lipinski definition) is 9. The standard InChI is InChI=1S/C49H36N6O24S7/c1-26-2-16-38-31(18-26)21-45(86(69,70)71)49(57)47(38)53-50-33-11-7-27(40(22-33)81-77-73-60)3-5-30-9-13-35(24-44(30)85(66,67)68)54-55(58)36-14-10-28(41(25-36)82-78-74-61)4-6-29-8-12-34(23-43(29)84(63,64)65)51-52-46-39-17-15-37(80-76-72-59)19-32(39)20-42(48(46)56)83-79-75-62/h2-25,56-57,59-62H,1H3,(H,63,64,65)(H,66,67,68)(H,69,70,71)/b5-3+,6-4+,52-51?,53-50?,55-54?. The van der Waals surface area contributed by atoms with Gasteiger partial charge in [0.1, 0.15) is 31.7 Å². The van der Waals surface area contributed by atoms with Crippen molar-refractivity contribution in [3.63, 3.8) is 0 Å². The Balaban J connectivity index is 1.05. The van der Waals surface area contributed by atoms with Crippen LogP contribution in [0.3, 0.4) is 0 Å². The van der Waals surface area contributed by atoms with Gasteiger partial charge in [0.2, 0.25) is 5.69 Å². The molecule has 0 radical (unpaired) electrons. The van der Waals surface area contributed by atoms with Crippen LogP contribution in [0.4, 0.5) is 34.1 Å². The molecule has 0 aliphatic carbocycles. The van der Waals surface area contributed by atoms with Crippen LogP contribution in [-0.4, -0.2) is 75.0 Å². The van der Waals surface area contributed by atoms with E-state index in [2.05, 4.69) is 63.1 Å². The first kappa shape index (κ1) is 64.6. The molecular weight excluding hydrogens is 1280 g/mol. The number of azo groups is 3. The number of rotatable bonds is 25. The summed E-state index contributed by atoms with van der Waals surface area (Å²) in [5, 5.41) is 107. The highest BCUT2D eigenvalue weighted by Gasteiger charge is 2.24. The Labute approximate surface area is 500 Å². The third-order valence-electron chi connectivity index (χ3n) is 11.5. The number of aromatic hydroxyl groups is 2. The van der Waals surface area contributed by atoms with E-state index in [4.69, 9.17) is 21.0 Å². The Morgan fingerprint density at radius 1 is 0.453 bits per heavy atom. The van der Waals surface area contributed by atoms with E-state index < -0.39 is 56.5 Å². The highest BCUT2D eigenvalue weighted by molar-refractivity contribution is 7.95. The SMILES string of the molecule is Cc1ccc2c(N=Nc3ccc(/C=C/c4ccc(N=[N+]([O-])c5ccc(/C=C/c6ccc(N=Nc7c(O)c(SOOO)cc8cc(SOOO)ccc78)cc6S(=O)(=O)O)c(SOOO)c5)cc4S(=O)(=O)O)c(SOOO)c3)c(O)c(S(=O)(=O)O)cc2c1. The van der Waals surface area contributed by atoms with Crippen LogP contribution in [0.5, 0.6) is 11.5 Å². The van der Waals surface area contributed by atoms with Crippen molar-refractivity contribution in [1.29, 1.82) is 0 Å². The fraction of sp³-hybridized carbons (Fsp3) is 0.0204. The van der Waals surface area contributed by atoms with Crippen LogP contribution in [0, 0.1) is 12.1 Å². The Bertz CT molecular complexity index is 4420. The van der Waals surface area contributed by atoms with Gasteiger partial charge in [-0.15, -0.1) is 27.6 Å². The number of phenolic OH excluding ortho intramolecular Hbond substituents is 2. The number of hydrogen-bond acceptors (Lipinski definition) is 30. The fourth-order valence-electron chi connectivity index (χ4n) is 7.80. The molecule has 8 rings (SSSR count). The predicted molar refractivity (Wildman–Crippen MR) is 305 cm³/mol. The minimum absolute atomic E-state index is 0.0286. The molecule has 86 heavy (non-hydrogen) atoms. The minimum atomic E-state index is -5.04. The van der Waals surface area contributed by atoms with Crippen molar-refractivity contribution in [2.45, 2.75) is 41.2 Å². The third-order valence-corrected chi connectivity index (χ3v) is 16.7. The van der Waals surface area contributed by atoms with E-state index in [1.807, 2.05) is 0 Å². The van der Waals surface area contributed by atoms with Gasteiger partial charge >= 0.3 is 0 Å². The second-order valence-electron chi connectivity index (χ2n) is 16.9. The third kappa shape index (κ3) is 16.2. The summed E-state index contributed by atoms with van der Waals surface area (Å²) in [4.78, 5) is -1.56. The molecule has 0 amide bonds. The maximum Gasteiger partial charge on any atom is 0.298 e. The molecule has 37 heteroatoms. The maximum atomic E-state index is 13.5. The van der Waals surface area contributed by atoms with Gasteiger partial charge in [0.25, 0.3) is 30.4 Å². The molecule has 8 aromatic rings. The average Bonchev–Trinajstić information content (AvgIpc) is 1.08. The van der Waals surface area contributed by atoms with Crippen molar-refractivity contribution >= 4 is 158 Å². The van der Waals surface area contributed by atoms with Crippen LogP contribution in [0.15, 0.2) is 181 Å². The van der Waals surface area contributed by atoms with E-state index in [9.17, 15) is 54.3 Å². The lowest BCUT2D eigenvalue weighted by Crippen LogP contribution is -2.01. The predicted octanol–water partition coefficient (Wildman–Crippen LogP) is 14.3. The van der Waals surface area contributed by atoms with Gasteiger partial charge in [-0.25, -0.2) is 21.0 Å². The average molecular weight is 1320 g/mol. The van der Waals surface area contributed by atoms with Gasteiger partial charge in [0.15, 0.2) is 11.5 Å². The van der Waals surface area contributed by atoms with Gasteiger partial charge < -0.3 is 15.4 Å². The first-order valence-corrected chi connectivity index (χ1v) is 30.3. The molecule has 0 fully saturated rings. The zero-order valence-electron chi connectivity index (χ0n) is 42.5. The van der Waals surface area contributed by atoms with E-state index in [1.165, 1.54) is 109 Å². The van der Waals surface area contributed by atoms with Crippen molar-refractivity contribution < 1.29 is 113 Å². The summed E-state index contributed by atoms with van der Waals surface area (Å²) in [5.41, 5.74) is -0.0855. The summed E-state index contributed by atoms with van der Waals surface area (Å²) in [6.45, 7) is 1.74. The molecule has 448 valence electrons. The molecule has 8 aromatic carbocycles. The van der Waals surface area contributed by atoms with Crippen LogP contribution in [0.1, 0.15) is 27.8 Å². The molecule has 30 nitrogen and oxygen atoms in total. The van der Waals surface area contributed by atoms with Crippen molar-refractivity contribution in [2.24, 2.45) is 25.6 Å². The smallest absolute Gasteiger partial charge is 0.298 e. The first-order valence-electron chi connectivity index (χ1n) is 23.0. The largest absolute Gasteiger partial charge is 0.594 e. The van der Waals surface area contributed by atoms with Crippen molar-refractivity contribution in [3.05, 3.63) is 154 Å². The minimum Gasteiger partial charge on any atom is -0.594 e. The monoisotopic (exact) mass is 1320 g/mol. The van der Waals surface area contributed by atoms with Gasteiger partial charge in [0.05, 0.1) is 69.3 Å². The summed E-state index contributed by atoms with van der Waals surface area (Å²) in [6, 6.07) is 26.7. The Kier molecular flexibility index (Phi) is 21.3. The normalized spacial score (nSPS) is 12.8. The molecule has 0 saturated carbocycles. The molecular formula is C49H36N6O24S7. The van der Waals surface area contributed by atoms with Crippen molar-refractivity contribution in [3.8, 4) is 11.5 Å². The zero-order valence-corrected chi connectivity index (χ0v) is 48.3. The molecule has 0 spiro atoms. The van der Waals surface area contributed by atoms with E-state index >= 15 is 0 Å². The number of fused-ring (bicyclic) bond motifs is 2. The molecule has 0 aromatic heterocycles. The Morgan fingerprint density at radius 3 is 1.48 bits per heavy atom. The van der Waals surface area contributed by atoms with Crippen molar-refractivity contribution in [1.82, 2.24) is 0 Å². The van der Waals surface area contributed by atoms with E-state index in [-0.39, 0.29) is 81.3 Å². The molecule has 0 bridgehead atoms. The van der Waals surface area contributed by atoms with Crippen LogP contribution >= 0.6 is 48.2 Å². The maximum absolute atomic E-state index is 13.5. The summed E-state index contributed by atoms with van der Waals surface area (Å²) in [6.07, 6.45) is 5.18. The Hall–Kier alpha value is -7.39. The number of benzene rings is 8. The van der Waals surface area contributed by atoms with Crippen LogP contribution in [0.25, 0.3) is 45.8 Å². The number of nitrogens with zero attached hydrogens (tertiary/aromatic N) is 6. The van der Waals surface area contributed by atoms with Gasteiger partial charge in [-0.1, -0.05) is 97.3 Å². The first-order chi connectivity index (χ1) is 41.0. The molecule has 0 heterocycles. The van der Waals surface area contributed by atoms with Crippen LogP contribution < -0.4 is 0 Å². The summed E-state index contributed by atoms with van der Waals surface area (Å²) in [5.74, 6) is -1.38. The second kappa shape index (κ2) is 28.4. The van der Waals surface area contributed by atoms with Crippen LogP contribution in [-0.2, 0) is 67.8 Å². The molecule has 0 aliphatic rings. The molecule has 0 unspecified atom stereocenters. The second-order valence-corrected chi connectivity index (χ2v) is 24.1.